The van der Waals surface area contributed by atoms with Crippen molar-refractivity contribution in [2.45, 2.75) is 13.0 Å². The zero-order chi connectivity index (χ0) is 13.0. The van der Waals surface area contributed by atoms with Crippen LogP contribution in [-0.4, -0.2) is 33.2 Å². The lowest BCUT2D eigenvalue weighted by atomic mass is 10.2. The Hall–Kier alpha value is -1.52. The Morgan fingerprint density at radius 2 is 2.11 bits per heavy atom. The van der Waals surface area contributed by atoms with E-state index in [-0.39, 0.29) is 5.88 Å². The van der Waals surface area contributed by atoms with Crippen molar-refractivity contribution < 1.29 is 5.11 Å². The number of hydrogen-bond acceptors (Lipinski definition) is 3. The van der Waals surface area contributed by atoms with Gasteiger partial charge in [-0.15, -0.1) is 11.6 Å². The molecule has 0 aliphatic heterocycles. The highest BCUT2D eigenvalue weighted by molar-refractivity contribution is 6.18. The summed E-state index contributed by atoms with van der Waals surface area (Å²) in [4.78, 5) is 4.19. The van der Waals surface area contributed by atoms with Crippen LogP contribution in [0.4, 0.5) is 5.69 Å². The maximum atomic E-state index is 9.35. The molecule has 0 radical (unpaired) electrons. The van der Waals surface area contributed by atoms with Crippen LogP contribution in [0.25, 0.3) is 5.69 Å². The van der Waals surface area contributed by atoms with Gasteiger partial charge >= 0.3 is 0 Å². The number of halogens is 1. The van der Waals surface area contributed by atoms with Crippen LogP contribution < -0.4 is 5.32 Å². The molecule has 0 spiro atoms. The standard InChI is InChI=1S/C13H16ClN3O/c1-10-8-17(9-16-10)12-4-2-11(3-5-12)15-7-13(18)6-14/h2-5,8-9,13,15,18H,6-7H2,1H3. The first kappa shape index (κ1) is 12.9. The van der Waals surface area contributed by atoms with Crippen LogP contribution in [0.3, 0.4) is 0 Å². The van der Waals surface area contributed by atoms with Crippen LogP contribution >= 0.6 is 11.6 Å². The molecule has 0 saturated heterocycles. The van der Waals surface area contributed by atoms with Crippen molar-refractivity contribution >= 4 is 17.3 Å². The number of aliphatic hydroxyl groups is 1. The van der Waals surface area contributed by atoms with Gasteiger partial charge in [0.25, 0.3) is 0 Å². The molecule has 0 aliphatic carbocycles. The molecule has 0 fully saturated rings. The smallest absolute Gasteiger partial charge is 0.0995 e. The number of aliphatic hydroxyl groups excluding tert-OH is 1. The van der Waals surface area contributed by atoms with Gasteiger partial charge in [0.2, 0.25) is 0 Å². The highest BCUT2D eigenvalue weighted by atomic mass is 35.5. The third kappa shape index (κ3) is 3.24. The average molecular weight is 266 g/mol. The second-order valence-corrected chi connectivity index (χ2v) is 4.47. The quantitative estimate of drug-likeness (QED) is 0.815. The number of imidazole rings is 1. The van der Waals surface area contributed by atoms with Gasteiger partial charge in [-0.25, -0.2) is 4.98 Å². The number of nitrogens with zero attached hydrogens (tertiary/aromatic N) is 2. The highest BCUT2D eigenvalue weighted by Gasteiger charge is 2.02. The summed E-state index contributed by atoms with van der Waals surface area (Å²) < 4.78 is 1.97. The number of anilines is 1. The summed E-state index contributed by atoms with van der Waals surface area (Å²) in [5.41, 5.74) is 3.00. The molecule has 2 N–H and O–H groups in total. The Morgan fingerprint density at radius 3 is 2.67 bits per heavy atom. The van der Waals surface area contributed by atoms with Crippen molar-refractivity contribution in [2.24, 2.45) is 0 Å². The molecule has 0 amide bonds. The van der Waals surface area contributed by atoms with Crippen molar-refractivity contribution in [1.29, 1.82) is 0 Å². The molecule has 18 heavy (non-hydrogen) atoms. The SMILES string of the molecule is Cc1cn(-c2ccc(NCC(O)CCl)cc2)cn1. The topological polar surface area (TPSA) is 50.1 Å². The highest BCUT2D eigenvalue weighted by Crippen LogP contribution is 2.13. The van der Waals surface area contributed by atoms with Gasteiger partial charge in [0, 0.05) is 24.1 Å². The first-order chi connectivity index (χ1) is 8.69. The molecule has 1 heterocycles. The van der Waals surface area contributed by atoms with Crippen LogP contribution in [0.2, 0.25) is 0 Å². The number of aryl methyl sites for hydroxylation is 1. The Kier molecular flexibility index (Phi) is 4.23. The van der Waals surface area contributed by atoms with E-state index in [1.807, 2.05) is 42.0 Å². The maximum Gasteiger partial charge on any atom is 0.0995 e. The molecule has 5 heteroatoms. The number of rotatable bonds is 5. The van der Waals surface area contributed by atoms with Crippen LogP contribution in [0.15, 0.2) is 36.8 Å². The number of alkyl halides is 1. The first-order valence-corrected chi connectivity index (χ1v) is 6.31. The molecule has 1 unspecified atom stereocenters. The molecule has 1 aromatic heterocycles. The Balaban J connectivity index is 2.01. The average Bonchev–Trinajstić information content (AvgIpc) is 2.83. The van der Waals surface area contributed by atoms with Gasteiger partial charge in [-0.2, -0.15) is 0 Å². The van der Waals surface area contributed by atoms with E-state index in [0.717, 1.165) is 17.1 Å². The van der Waals surface area contributed by atoms with E-state index in [1.54, 1.807) is 6.33 Å². The fraction of sp³-hybridized carbons (Fsp3) is 0.308. The Morgan fingerprint density at radius 1 is 1.39 bits per heavy atom. The third-order valence-electron chi connectivity index (χ3n) is 2.60. The third-order valence-corrected chi connectivity index (χ3v) is 2.95. The van der Waals surface area contributed by atoms with Gasteiger partial charge in [-0.05, 0) is 31.2 Å². The van der Waals surface area contributed by atoms with Crippen LogP contribution in [-0.2, 0) is 0 Å². The van der Waals surface area contributed by atoms with E-state index in [1.165, 1.54) is 0 Å². The van der Waals surface area contributed by atoms with Gasteiger partial charge in [0.1, 0.15) is 0 Å². The Labute approximate surface area is 111 Å². The maximum absolute atomic E-state index is 9.35. The summed E-state index contributed by atoms with van der Waals surface area (Å²) >= 11 is 5.53. The van der Waals surface area contributed by atoms with Crippen molar-refractivity contribution in [2.75, 3.05) is 17.7 Å². The Bertz CT molecular complexity index is 495. The summed E-state index contributed by atoms with van der Waals surface area (Å²) in [7, 11) is 0. The van der Waals surface area contributed by atoms with Gasteiger partial charge in [0.05, 0.1) is 24.0 Å². The van der Waals surface area contributed by atoms with Crippen molar-refractivity contribution in [3.8, 4) is 5.69 Å². The molecule has 0 saturated carbocycles. The summed E-state index contributed by atoms with van der Waals surface area (Å²) in [6, 6.07) is 7.92. The first-order valence-electron chi connectivity index (χ1n) is 5.78. The zero-order valence-corrected chi connectivity index (χ0v) is 10.9. The molecule has 1 atom stereocenters. The fourth-order valence-corrected chi connectivity index (χ4v) is 1.71. The number of nitrogens with one attached hydrogen (secondary N) is 1. The molecule has 96 valence electrons. The minimum Gasteiger partial charge on any atom is -0.390 e. The van der Waals surface area contributed by atoms with Crippen molar-refractivity contribution in [1.82, 2.24) is 9.55 Å². The molecule has 0 bridgehead atoms. The molecular weight excluding hydrogens is 250 g/mol. The normalized spacial score (nSPS) is 12.4. The van der Waals surface area contributed by atoms with Crippen LogP contribution in [0, 0.1) is 6.92 Å². The lowest BCUT2D eigenvalue weighted by Crippen LogP contribution is -2.20. The van der Waals surface area contributed by atoms with E-state index in [2.05, 4.69) is 10.3 Å². The minimum absolute atomic E-state index is 0.236. The van der Waals surface area contributed by atoms with E-state index in [0.29, 0.717) is 6.54 Å². The van der Waals surface area contributed by atoms with Gasteiger partial charge < -0.3 is 15.0 Å². The second-order valence-electron chi connectivity index (χ2n) is 4.16. The molecule has 0 aliphatic rings. The van der Waals surface area contributed by atoms with Gasteiger partial charge in [-0.3, -0.25) is 0 Å². The van der Waals surface area contributed by atoms with Crippen molar-refractivity contribution in [3.63, 3.8) is 0 Å². The lowest BCUT2D eigenvalue weighted by molar-refractivity contribution is 0.211. The summed E-state index contributed by atoms with van der Waals surface area (Å²) in [6.45, 7) is 2.41. The second kappa shape index (κ2) is 5.89. The summed E-state index contributed by atoms with van der Waals surface area (Å²) in [6.07, 6.45) is 3.23. The predicted octanol–water partition coefficient (Wildman–Crippen LogP) is 2.19. The van der Waals surface area contributed by atoms with Crippen molar-refractivity contribution in [3.05, 3.63) is 42.5 Å². The van der Waals surface area contributed by atoms with E-state index in [9.17, 15) is 5.11 Å². The number of hydrogen-bond donors (Lipinski definition) is 2. The van der Waals surface area contributed by atoms with E-state index >= 15 is 0 Å². The van der Waals surface area contributed by atoms with Crippen LogP contribution in [0.1, 0.15) is 5.69 Å². The molecule has 2 aromatic rings. The zero-order valence-electron chi connectivity index (χ0n) is 10.2. The lowest BCUT2D eigenvalue weighted by Gasteiger charge is -2.10. The predicted molar refractivity (Wildman–Crippen MR) is 73.5 cm³/mol. The number of benzene rings is 1. The fourth-order valence-electron chi connectivity index (χ4n) is 1.60. The molecule has 1 aromatic carbocycles. The number of aromatic nitrogens is 2. The van der Waals surface area contributed by atoms with Crippen LogP contribution in [0.5, 0.6) is 0 Å². The van der Waals surface area contributed by atoms with E-state index < -0.39 is 6.10 Å². The largest absolute Gasteiger partial charge is 0.390 e. The molecule has 2 rings (SSSR count). The van der Waals surface area contributed by atoms with Gasteiger partial charge in [0.15, 0.2) is 0 Å². The summed E-state index contributed by atoms with van der Waals surface area (Å²) in [5, 5.41) is 12.5. The molecule has 4 nitrogen and oxygen atoms in total. The van der Waals surface area contributed by atoms with E-state index in [4.69, 9.17) is 11.6 Å². The van der Waals surface area contributed by atoms with Gasteiger partial charge in [-0.1, -0.05) is 0 Å². The molecular formula is C13H16ClN3O. The monoisotopic (exact) mass is 265 g/mol. The summed E-state index contributed by atoms with van der Waals surface area (Å²) in [5.74, 6) is 0.236. The minimum atomic E-state index is -0.525.